The van der Waals surface area contributed by atoms with Crippen molar-refractivity contribution in [2.75, 3.05) is 17.2 Å². The number of carbonyl (C=O) groups excluding carboxylic acids is 1. The average Bonchev–Trinajstić information content (AvgIpc) is 2.49. The molecule has 5 atom stereocenters. The fraction of sp³-hybridized carbons (Fsp3) is 0.500. The van der Waals surface area contributed by atoms with Crippen molar-refractivity contribution in [1.29, 1.82) is 0 Å². The van der Waals surface area contributed by atoms with Gasteiger partial charge in [-0.1, -0.05) is 0 Å². The number of anilines is 2. The molecule has 0 bridgehead atoms. The summed E-state index contributed by atoms with van der Waals surface area (Å²) in [6, 6.07) is 6.64. The fourth-order valence-corrected chi connectivity index (χ4v) is 2.24. The largest absolute Gasteiger partial charge is 0.394 e. The first-order valence-corrected chi connectivity index (χ1v) is 6.87. The highest BCUT2D eigenvalue weighted by atomic mass is 16.6. The van der Waals surface area contributed by atoms with Gasteiger partial charge in [-0.2, -0.15) is 0 Å². The topological polar surface area (TPSA) is 131 Å². The van der Waals surface area contributed by atoms with Crippen LogP contribution in [0, 0.1) is 0 Å². The third kappa shape index (κ3) is 3.73. The van der Waals surface area contributed by atoms with Gasteiger partial charge in [0.1, 0.15) is 24.4 Å². The quantitative estimate of drug-likeness (QED) is 0.414. The molecule has 8 heteroatoms. The zero-order valence-corrected chi connectivity index (χ0v) is 12.0. The maximum Gasteiger partial charge on any atom is 0.221 e. The summed E-state index contributed by atoms with van der Waals surface area (Å²) < 4.78 is 5.34. The maximum absolute atomic E-state index is 10.9. The molecule has 0 saturated carbocycles. The molecule has 122 valence electrons. The molecule has 22 heavy (non-hydrogen) atoms. The first kappa shape index (κ1) is 16.7. The molecule has 1 aromatic carbocycles. The SMILES string of the molecule is CC(=O)Nc1ccc(N[C@@H]2O[C@H](CO)[C@H](O)[C@@H](O)[C@@H]2O)cc1. The number of nitrogens with one attached hydrogen (secondary N) is 2. The van der Waals surface area contributed by atoms with Gasteiger partial charge in [-0.15, -0.1) is 0 Å². The summed E-state index contributed by atoms with van der Waals surface area (Å²) >= 11 is 0. The Kier molecular flexibility index (Phi) is 5.33. The number of benzene rings is 1. The molecule has 1 aliphatic heterocycles. The average molecular weight is 312 g/mol. The van der Waals surface area contributed by atoms with Crippen LogP contribution in [0.5, 0.6) is 0 Å². The summed E-state index contributed by atoms with van der Waals surface area (Å²) in [5.74, 6) is -0.186. The molecule has 0 spiro atoms. The molecule has 0 aromatic heterocycles. The number of carbonyl (C=O) groups is 1. The van der Waals surface area contributed by atoms with Gasteiger partial charge >= 0.3 is 0 Å². The van der Waals surface area contributed by atoms with Crippen LogP contribution in [0.25, 0.3) is 0 Å². The number of aliphatic hydroxyl groups excluding tert-OH is 4. The molecular weight excluding hydrogens is 292 g/mol. The molecule has 0 unspecified atom stereocenters. The molecule has 1 saturated heterocycles. The van der Waals surface area contributed by atoms with E-state index in [1.807, 2.05) is 0 Å². The van der Waals surface area contributed by atoms with E-state index >= 15 is 0 Å². The Labute approximate surface area is 127 Å². The third-order valence-electron chi connectivity index (χ3n) is 3.41. The zero-order chi connectivity index (χ0) is 16.3. The van der Waals surface area contributed by atoms with Crippen LogP contribution in [0.4, 0.5) is 11.4 Å². The predicted octanol–water partition coefficient (Wildman–Crippen LogP) is -1.14. The minimum atomic E-state index is -1.43. The Morgan fingerprint density at radius 1 is 1.09 bits per heavy atom. The fourth-order valence-electron chi connectivity index (χ4n) is 2.24. The van der Waals surface area contributed by atoms with Gasteiger partial charge in [-0.3, -0.25) is 4.79 Å². The van der Waals surface area contributed by atoms with Gasteiger partial charge in [0.25, 0.3) is 0 Å². The zero-order valence-electron chi connectivity index (χ0n) is 12.0. The van der Waals surface area contributed by atoms with Crippen LogP contribution < -0.4 is 10.6 Å². The van der Waals surface area contributed by atoms with Crippen LogP contribution >= 0.6 is 0 Å². The summed E-state index contributed by atoms with van der Waals surface area (Å²) in [5.41, 5.74) is 1.20. The lowest BCUT2D eigenvalue weighted by Crippen LogP contribution is -2.60. The number of rotatable bonds is 4. The molecule has 1 aromatic rings. The third-order valence-corrected chi connectivity index (χ3v) is 3.41. The van der Waals surface area contributed by atoms with Gasteiger partial charge in [0.15, 0.2) is 6.23 Å². The molecule has 6 N–H and O–H groups in total. The highest BCUT2D eigenvalue weighted by molar-refractivity contribution is 5.88. The number of ether oxygens (including phenoxy) is 1. The van der Waals surface area contributed by atoms with Crippen LogP contribution in [0.3, 0.4) is 0 Å². The van der Waals surface area contributed by atoms with Crippen LogP contribution in [0.1, 0.15) is 6.92 Å². The molecule has 0 radical (unpaired) electrons. The summed E-state index contributed by atoms with van der Waals surface area (Å²) in [5, 5.41) is 43.9. The van der Waals surface area contributed by atoms with Crippen molar-refractivity contribution in [3.8, 4) is 0 Å². The molecule has 1 fully saturated rings. The number of hydrogen-bond acceptors (Lipinski definition) is 7. The number of aliphatic hydroxyl groups is 4. The van der Waals surface area contributed by atoms with E-state index in [1.54, 1.807) is 24.3 Å². The predicted molar refractivity (Wildman–Crippen MR) is 78.1 cm³/mol. The van der Waals surface area contributed by atoms with Gasteiger partial charge in [-0.25, -0.2) is 0 Å². The highest BCUT2D eigenvalue weighted by Gasteiger charge is 2.43. The lowest BCUT2D eigenvalue weighted by Gasteiger charge is -2.40. The number of amides is 1. The van der Waals surface area contributed by atoms with E-state index in [-0.39, 0.29) is 5.91 Å². The lowest BCUT2D eigenvalue weighted by molar-refractivity contribution is -0.221. The van der Waals surface area contributed by atoms with Crippen LogP contribution in [0.2, 0.25) is 0 Å². The molecular formula is C14H20N2O6. The Morgan fingerprint density at radius 3 is 2.23 bits per heavy atom. The van der Waals surface area contributed by atoms with E-state index in [4.69, 9.17) is 9.84 Å². The van der Waals surface area contributed by atoms with Crippen LogP contribution in [-0.4, -0.2) is 63.6 Å². The summed E-state index contributed by atoms with van der Waals surface area (Å²) in [6.45, 7) is 0.921. The molecule has 0 aliphatic carbocycles. The summed E-state index contributed by atoms with van der Waals surface area (Å²) in [7, 11) is 0. The smallest absolute Gasteiger partial charge is 0.221 e. The monoisotopic (exact) mass is 312 g/mol. The Morgan fingerprint density at radius 2 is 1.68 bits per heavy atom. The van der Waals surface area contributed by atoms with E-state index in [0.29, 0.717) is 11.4 Å². The Bertz CT molecular complexity index is 507. The van der Waals surface area contributed by atoms with Crippen LogP contribution in [0.15, 0.2) is 24.3 Å². The van der Waals surface area contributed by atoms with Crippen molar-refractivity contribution in [2.45, 2.75) is 37.6 Å². The van der Waals surface area contributed by atoms with Crippen molar-refractivity contribution in [1.82, 2.24) is 0 Å². The van der Waals surface area contributed by atoms with Crippen molar-refractivity contribution in [3.63, 3.8) is 0 Å². The second-order valence-electron chi connectivity index (χ2n) is 5.15. The lowest BCUT2D eigenvalue weighted by atomic mass is 9.98. The van der Waals surface area contributed by atoms with Crippen molar-refractivity contribution < 1.29 is 30.0 Å². The number of hydrogen-bond donors (Lipinski definition) is 6. The first-order valence-electron chi connectivity index (χ1n) is 6.87. The van der Waals surface area contributed by atoms with Gasteiger partial charge in [0.2, 0.25) is 5.91 Å². The minimum Gasteiger partial charge on any atom is -0.394 e. The van der Waals surface area contributed by atoms with Gasteiger partial charge in [0.05, 0.1) is 6.61 Å². The Balaban J connectivity index is 2.04. The van der Waals surface area contributed by atoms with E-state index in [9.17, 15) is 20.1 Å². The van der Waals surface area contributed by atoms with E-state index in [0.717, 1.165) is 0 Å². The maximum atomic E-state index is 10.9. The Hall–Kier alpha value is -1.71. The van der Waals surface area contributed by atoms with Gasteiger partial charge in [0, 0.05) is 18.3 Å². The minimum absolute atomic E-state index is 0.186. The van der Waals surface area contributed by atoms with Crippen molar-refractivity contribution in [3.05, 3.63) is 24.3 Å². The van der Waals surface area contributed by atoms with Gasteiger partial charge < -0.3 is 35.8 Å². The second kappa shape index (κ2) is 7.03. The standard InChI is InChI=1S/C14H20N2O6/c1-7(18)15-8-2-4-9(5-3-8)16-14-13(21)12(20)11(19)10(6-17)22-14/h2-5,10-14,16-17,19-21H,6H2,1H3,(H,15,18)/t10-,11+,12-,13+,14-/m1/s1. The van der Waals surface area contributed by atoms with Gasteiger partial charge in [-0.05, 0) is 24.3 Å². The highest BCUT2D eigenvalue weighted by Crippen LogP contribution is 2.23. The molecule has 1 aliphatic rings. The van der Waals surface area contributed by atoms with E-state index in [2.05, 4.69) is 10.6 Å². The van der Waals surface area contributed by atoms with Crippen molar-refractivity contribution in [2.24, 2.45) is 0 Å². The van der Waals surface area contributed by atoms with E-state index in [1.165, 1.54) is 6.92 Å². The van der Waals surface area contributed by atoms with Crippen molar-refractivity contribution >= 4 is 17.3 Å². The van der Waals surface area contributed by atoms with E-state index < -0.39 is 37.3 Å². The molecule has 1 amide bonds. The molecule has 2 rings (SSSR count). The summed E-state index contributed by atoms with van der Waals surface area (Å²) in [4.78, 5) is 10.9. The molecule has 1 heterocycles. The summed E-state index contributed by atoms with van der Waals surface area (Å²) in [6.07, 6.45) is -6.12. The second-order valence-corrected chi connectivity index (χ2v) is 5.15. The molecule has 8 nitrogen and oxygen atoms in total. The van der Waals surface area contributed by atoms with Crippen LogP contribution in [-0.2, 0) is 9.53 Å². The normalized spacial score (nSPS) is 31.6. The first-order chi connectivity index (χ1) is 10.4.